The van der Waals surface area contributed by atoms with Gasteiger partial charge >= 0.3 is 35.9 Å². The van der Waals surface area contributed by atoms with E-state index in [9.17, 15) is 52.7 Å². The molecular formula is C67H101N7O21. The summed E-state index contributed by atoms with van der Waals surface area (Å²) >= 11 is 0. The van der Waals surface area contributed by atoms with E-state index in [4.69, 9.17) is 53.1 Å². The number of methoxy groups -OCH3 is 3. The van der Waals surface area contributed by atoms with Crippen LogP contribution in [0.5, 0.6) is 5.75 Å². The molecule has 0 aliphatic carbocycles. The van der Waals surface area contributed by atoms with Gasteiger partial charge in [0.05, 0.1) is 55.8 Å². The Morgan fingerprint density at radius 3 is 1.86 bits per heavy atom. The summed E-state index contributed by atoms with van der Waals surface area (Å²) in [6.07, 6.45) is -11.3. The highest BCUT2D eigenvalue weighted by Gasteiger charge is 2.56. The van der Waals surface area contributed by atoms with Gasteiger partial charge in [0.15, 0.2) is 18.3 Å². The SMILES string of the molecule is CC[C@H](C)[C@@H]([C@@H](CC(=O)N1CCC[C@H]1[C@H](OC)[C@@H](C)C(=O)N[C@H](C)[C@@H](OC(=O)c1ccc(NC(=O)[C@H](C)N)cc1O[C@@H]1O[C@H](C(=O)OC)[C@@H](OC(C)=O)[C@H](OC(C)=O)[C@H]1OC(C)=O)c1ccccc1)OC)N(C)C(=O)[C@@H](NC(=O)[C@H](C(C)C)N(C)C(=O)OC(C)(C)C)C(C)C. The van der Waals surface area contributed by atoms with Crippen molar-refractivity contribution in [3.8, 4) is 5.75 Å². The number of nitrogens with one attached hydrogen (secondary N) is 3. The number of hydrogen-bond donors (Lipinski definition) is 4. The van der Waals surface area contributed by atoms with Crippen molar-refractivity contribution in [3.05, 3.63) is 59.7 Å². The summed E-state index contributed by atoms with van der Waals surface area (Å²) in [5.74, 6) is -9.83. The van der Waals surface area contributed by atoms with Crippen LogP contribution in [-0.4, -0.2) is 207 Å². The van der Waals surface area contributed by atoms with Crippen molar-refractivity contribution in [2.45, 2.75) is 220 Å². The van der Waals surface area contributed by atoms with E-state index in [1.165, 1.54) is 56.2 Å². The van der Waals surface area contributed by atoms with Crippen LogP contribution in [-0.2, 0) is 85.8 Å². The minimum atomic E-state index is -1.95. The largest absolute Gasteiger partial charge is 0.467 e. The molecule has 28 heteroatoms. The zero-order valence-corrected chi connectivity index (χ0v) is 58.5. The second kappa shape index (κ2) is 35.7. The molecule has 6 amide bonds. The lowest BCUT2D eigenvalue weighted by Gasteiger charge is -2.43. The van der Waals surface area contributed by atoms with E-state index in [0.29, 0.717) is 31.4 Å². The lowest BCUT2D eigenvalue weighted by atomic mass is 9.89. The quantitative estimate of drug-likeness (QED) is 0.0562. The molecule has 2 aromatic carbocycles. The molecule has 2 saturated heterocycles. The molecule has 0 saturated carbocycles. The number of carbonyl (C=O) groups is 11. The van der Waals surface area contributed by atoms with Gasteiger partial charge in [-0.1, -0.05) is 85.2 Å². The van der Waals surface area contributed by atoms with E-state index < -0.39 is 168 Å². The molecule has 2 heterocycles. The summed E-state index contributed by atoms with van der Waals surface area (Å²) in [7, 11) is 7.03. The highest BCUT2D eigenvalue weighted by atomic mass is 16.7. The molecule has 0 bridgehead atoms. The van der Waals surface area contributed by atoms with Crippen LogP contribution in [0.4, 0.5) is 10.5 Å². The first-order valence-electron chi connectivity index (χ1n) is 32.0. The Balaban J connectivity index is 1.65. The molecule has 0 aromatic heterocycles. The Hall–Kier alpha value is -7.95. The fraction of sp³-hybridized carbons (Fsp3) is 0.657. The van der Waals surface area contributed by atoms with Gasteiger partial charge < -0.3 is 78.9 Å². The number of nitrogens with two attached hydrogens (primary N) is 1. The van der Waals surface area contributed by atoms with Crippen molar-refractivity contribution in [2.75, 3.05) is 47.3 Å². The van der Waals surface area contributed by atoms with E-state index >= 15 is 0 Å². The first kappa shape index (κ1) is 79.5. The van der Waals surface area contributed by atoms with Gasteiger partial charge in [-0.15, -0.1) is 0 Å². The molecule has 0 radical (unpaired) electrons. The Morgan fingerprint density at radius 1 is 0.737 bits per heavy atom. The lowest BCUT2D eigenvalue weighted by molar-refractivity contribution is -0.282. The molecule has 5 N–H and O–H groups in total. The van der Waals surface area contributed by atoms with Crippen molar-refractivity contribution >= 4 is 71.2 Å². The smallest absolute Gasteiger partial charge is 0.410 e. The van der Waals surface area contributed by atoms with Gasteiger partial charge in [-0.3, -0.25) is 43.3 Å². The number of rotatable bonds is 30. The minimum absolute atomic E-state index is 0.0261. The van der Waals surface area contributed by atoms with Gasteiger partial charge in [0, 0.05) is 67.4 Å². The number of esters is 5. The maximum atomic E-state index is 14.9. The second-order valence-corrected chi connectivity index (χ2v) is 25.9. The van der Waals surface area contributed by atoms with Gasteiger partial charge in [-0.25, -0.2) is 14.4 Å². The average molecular weight is 1340 g/mol. The van der Waals surface area contributed by atoms with Crippen LogP contribution in [0.25, 0.3) is 0 Å². The standard InChI is InChI=1S/C67H101N7O21/c1-21-36(6)52(72(16)62(82)50(34(2)3)71-61(81)51(35(4)5)73(17)66(85)95-67(13,14)15)48(86-18)33-49(78)74-31-25-28-46(74)53(87-19)37(7)59(79)69-39(9)54(43-26-23-22-24-27-43)93-63(83)45-30-29-44(70-60(80)38(8)68)32-47(45)92-65-58(91-42(12)77)56(90-41(11)76)55(89-40(10)75)57(94-65)64(84)88-20/h22-24,26-27,29-30,32,34-39,46,48,50-58,65H,21,25,28,31,33,68H2,1-20H3,(H,69,79)(H,70,80)(H,71,81)/t36-,37+,38-,39+,46-,48+,50-,51-,52-,53+,54+,55-,56-,57-,58+,65+/m0/s1. The summed E-state index contributed by atoms with van der Waals surface area (Å²) < 4.78 is 57.8. The molecule has 28 nitrogen and oxygen atoms in total. The van der Waals surface area contributed by atoms with Gasteiger partial charge in [-0.05, 0) is 82.9 Å². The maximum Gasteiger partial charge on any atom is 0.410 e. The predicted octanol–water partition coefficient (Wildman–Crippen LogP) is 5.40. The summed E-state index contributed by atoms with van der Waals surface area (Å²) in [4.78, 5) is 155. The number of likely N-dealkylation sites (N-methyl/N-ethyl adjacent to an activating group) is 2. The summed E-state index contributed by atoms with van der Waals surface area (Å²) in [6.45, 7) is 24.3. The normalized spacial score (nSPS) is 21.1. The van der Waals surface area contributed by atoms with E-state index in [-0.39, 0.29) is 35.4 Å². The Bertz CT molecular complexity index is 2990. The molecule has 4 rings (SSSR count). The maximum absolute atomic E-state index is 14.9. The fourth-order valence-electron chi connectivity index (χ4n) is 11.8. The van der Waals surface area contributed by atoms with Crippen molar-refractivity contribution in [1.29, 1.82) is 0 Å². The molecule has 530 valence electrons. The van der Waals surface area contributed by atoms with Crippen molar-refractivity contribution in [3.63, 3.8) is 0 Å². The van der Waals surface area contributed by atoms with Gasteiger partial charge in [0.2, 0.25) is 41.9 Å². The fourth-order valence-corrected chi connectivity index (χ4v) is 11.8. The van der Waals surface area contributed by atoms with Crippen LogP contribution in [0.2, 0.25) is 0 Å². The lowest BCUT2D eigenvalue weighted by Crippen LogP contribution is -2.64. The predicted molar refractivity (Wildman–Crippen MR) is 344 cm³/mol. The molecule has 0 spiro atoms. The van der Waals surface area contributed by atoms with E-state index in [1.807, 2.05) is 13.8 Å². The van der Waals surface area contributed by atoms with E-state index in [1.54, 1.807) is 105 Å². The minimum Gasteiger partial charge on any atom is -0.467 e. The van der Waals surface area contributed by atoms with Crippen LogP contribution in [0.1, 0.15) is 152 Å². The zero-order chi connectivity index (χ0) is 71.7. The van der Waals surface area contributed by atoms with Gasteiger partial charge in [0.25, 0.3) is 0 Å². The Labute approximate surface area is 557 Å². The van der Waals surface area contributed by atoms with Crippen LogP contribution in [0.3, 0.4) is 0 Å². The number of ether oxygens (including phenoxy) is 10. The number of benzene rings is 2. The third-order valence-electron chi connectivity index (χ3n) is 16.6. The third kappa shape index (κ3) is 21.5. The molecular weight excluding hydrogens is 1240 g/mol. The Morgan fingerprint density at radius 2 is 1.34 bits per heavy atom. The van der Waals surface area contributed by atoms with Gasteiger partial charge in [-0.2, -0.15) is 0 Å². The number of anilines is 1. The van der Waals surface area contributed by atoms with Crippen molar-refractivity contribution < 1.29 is 100 Å². The highest BCUT2D eigenvalue weighted by molar-refractivity contribution is 5.97. The van der Waals surface area contributed by atoms with Gasteiger partial charge in [0.1, 0.15) is 35.1 Å². The molecule has 2 aliphatic heterocycles. The molecule has 16 atom stereocenters. The Kier molecular flexibility index (Phi) is 29.9. The summed E-state index contributed by atoms with van der Waals surface area (Å²) in [6, 6.07) is 6.92. The number of nitrogens with zero attached hydrogens (tertiary/aromatic N) is 3. The zero-order valence-electron chi connectivity index (χ0n) is 58.5. The van der Waals surface area contributed by atoms with E-state index in [0.717, 1.165) is 27.9 Å². The highest BCUT2D eigenvalue weighted by Crippen LogP contribution is 2.36. The first-order valence-corrected chi connectivity index (χ1v) is 32.0. The monoisotopic (exact) mass is 1340 g/mol. The van der Waals surface area contributed by atoms with E-state index in [2.05, 4.69) is 16.0 Å². The molecule has 2 aromatic rings. The number of hydrogen-bond acceptors (Lipinski definition) is 22. The number of carbonyl (C=O) groups excluding carboxylic acids is 11. The van der Waals surface area contributed by atoms with Crippen LogP contribution in [0, 0.1) is 23.7 Å². The van der Waals surface area contributed by atoms with Crippen LogP contribution >= 0.6 is 0 Å². The number of likely N-dealkylation sites (tertiary alicyclic amines) is 1. The molecule has 2 aliphatic rings. The topological polar surface area (TPSA) is 352 Å². The van der Waals surface area contributed by atoms with Crippen LogP contribution < -0.4 is 26.4 Å². The first-order chi connectivity index (χ1) is 44.4. The number of amides is 6. The molecule has 0 unspecified atom stereocenters. The third-order valence-corrected chi connectivity index (χ3v) is 16.6. The van der Waals surface area contributed by atoms with Crippen LogP contribution in [0.15, 0.2) is 48.5 Å². The summed E-state index contributed by atoms with van der Waals surface area (Å²) in [5, 5.41) is 8.52. The second-order valence-electron chi connectivity index (χ2n) is 25.9. The molecule has 2 fully saturated rings. The average Bonchev–Trinajstić information content (AvgIpc) is 1.13. The van der Waals surface area contributed by atoms with Crippen molar-refractivity contribution in [2.24, 2.45) is 29.4 Å². The molecule has 95 heavy (non-hydrogen) atoms. The van der Waals surface area contributed by atoms with Crippen molar-refractivity contribution in [1.82, 2.24) is 25.3 Å². The summed E-state index contributed by atoms with van der Waals surface area (Å²) in [5.41, 5.74) is 5.15.